The lowest BCUT2D eigenvalue weighted by molar-refractivity contribution is 0.211. The fourth-order valence-electron chi connectivity index (χ4n) is 0.898. The summed E-state index contributed by atoms with van der Waals surface area (Å²) in [6.45, 7) is 1.53. The fraction of sp³-hybridized carbons (Fsp3) is 0.333. The first-order chi connectivity index (χ1) is 5.83. The molecule has 0 aromatic heterocycles. The van der Waals surface area contributed by atoms with Crippen LogP contribution in [0.2, 0.25) is 0 Å². The highest BCUT2D eigenvalue weighted by Crippen LogP contribution is 2.09. The van der Waals surface area contributed by atoms with Gasteiger partial charge in [0.1, 0.15) is 0 Å². The number of halogens is 1. The molecule has 0 aliphatic rings. The molecule has 0 radical (unpaired) electrons. The third-order valence-corrected chi connectivity index (χ3v) is 1.55. The Morgan fingerprint density at radius 3 is 2.46 bits per heavy atom. The standard InChI is InChI=1S/C9H14N2O.ClH/c1-12-7-6-11-9-4-2-8(10)3-5-9;/h2-5,11H,6-7,10H2,1H3;1H. The molecule has 0 spiro atoms. The second-order valence-corrected chi connectivity index (χ2v) is 2.54. The van der Waals surface area contributed by atoms with Crippen molar-refractivity contribution in [3.05, 3.63) is 24.3 Å². The molecule has 13 heavy (non-hydrogen) atoms. The van der Waals surface area contributed by atoms with Gasteiger partial charge in [0, 0.05) is 25.0 Å². The molecule has 0 heterocycles. The van der Waals surface area contributed by atoms with E-state index in [1.165, 1.54) is 0 Å². The maximum absolute atomic E-state index is 5.53. The monoisotopic (exact) mass is 202 g/mol. The molecule has 1 rings (SSSR count). The van der Waals surface area contributed by atoms with Crippen LogP contribution in [0.1, 0.15) is 0 Å². The molecule has 0 unspecified atom stereocenters. The minimum Gasteiger partial charge on any atom is -0.399 e. The molecular weight excluding hydrogens is 188 g/mol. The van der Waals surface area contributed by atoms with Crippen molar-refractivity contribution in [1.82, 2.24) is 0 Å². The highest BCUT2D eigenvalue weighted by molar-refractivity contribution is 5.85. The zero-order valence-corrected chi connectivity index (χ0v) is 8.43. The van der Waals surface area contributed by atoms with E-state index in [9.17, 15) is 0 Å². The number of ether oxygens (including phenoxy) is 1. The zero-order valence-electron chi connectivity index (χ0n) is 7.62. The number of anilines is 2. The molecule has 0 saturated carbocycles. The Labute approximate surface area is 84.7 Å². The Bertz CT molecular complexity index is 226. The van der Waals surface area contributed by atoms with Crippen LogP contribution in [0.25, 0.3) is 0 Å². The first-order valence-electron chi connectivity index (χ1n) is 3.91. The van der Waals surface area contributed by atoms with Crippen LogP contribution in [0.5, 0.6) is 0 Å². The highest BCUT2D eigenvalue weighted by atomic mass is 35.5. The number of nitrogens with one attached hydrogen (secondary N) is 1. The average Bonchev–Trinajstić information content (AvgIpc) is 2.09. The largest absolute Gasteiger partial charge is 0.399 e. The molecule has 0 aliphatic heterocycles. The minimum atomic E-state index is 0. The second-order valence-electron chi connectivity index (χ2n) is 2.54. The second kappa shape index (κ2) is 6.57. The van der Waals surface area contributed by atoms with Crippen molar-refractivity contribution in [3.8, 4) is 0 Å². The van der Waals surface area contributed by atoms with E-state index in [2.05, 4.69) is 5.32 Å². The fourth-order valence-corrected chi connectivity index (χ4v) is 0.898. The van der Waals surface area contributed by atoms with Gasteiger partial charge in [0.15, 0.2) is 0 Å². The first-order valence-corrected chi connectivity index (χ1v) is 3.91. The molecule has 0 fully saturated rings. The molecular formula is C9H15ClN2O. The van der Waals surface area contributed by atoms with Crippen molar-refractivity contribution >= 4 is 23.8 Å². The van der Waals surface area contributed by atoms with Crippen molar-refractivity contribution in [2.24, 2.45) is 0 Å². The molecule has 1 aromatic rings. The Kier molecular flexibility index (Phi) is 6.10. The molecule has 0 bridgehead atoms. The SMILES string of the molecule is COCCNc1ccc(N)cc1.Cl. The first kappa shape index (κ1) is 12.1. The lowest BCUT2D eigenvalue weighted by Gasteiger charge is -2.04. The molecule has 0 aliphatic carbocycles. The predicted octanol–water partition coefficient (Wildman–Crippen LogP) is 1.75. The van der Waals surface area contributed by atoms with Gasteiger partial charge in [-0.2, -0.15) is 0 Å². The third-order valence-electron chi connectivity index (χ3n) is 1.55. The van der Waals surface area contributed by atoms with Crippen LogP contribution in [-0.2, 0) is 4.74 Å². The summed E-state index contributed by atoms with van der Waals surface area (Å²) in [5, 5.41) is 3.19. The summed E-state index contributed by atoms with van der Waals surface area (Å²) in [7, 11) is 1.69. The topological polar surface area (TPSA) is 47.3 Å². The summed E-state index contributed by atoms with van der Waals surface area (Å²) < 4.78 is 4.90. The number of benzene rings is 1. The predicted molar refractivity (Wildman–Crippen MR) is 58.5 cm³/mol. The molecule has 0 atom stereocenters. The van der Waals surface area contributed by atoms with E-state index in [-0.39, 0.29) is 12.4 Å². The number of methoxy groups -OCH3 is 1. The maximum Gasteiger partial charge on any atom is 0.0635 e. The van der Waals surface area contributed by atoms with Gasteiger partial charge in [-0.1, -0.05) is 0 Å². The highest BCUT2D eigenvalue weighted by Gasteiger charge is 1.89. The summed E-state index contributed by atoms with van der Waals surface area (Å²) in [5.41, 5.74) is 7.38. The molecule has 0 amide bonds. The number of hydrogen-bond donors (Lipinski definition) is 2. The Balaban J connectivity index is 0.00000144. The molecule has 4 heteroatoms. The van der Waals surface area contributed by atoms with Gasteiger partial charge in [0.25, 0.3) is 0 Å². The van der Waals surface area contributed by atoms with Gasteiger partial charge in [0.2, 0.25) is 0 Å². The summed E-state index contributed by atoms with van der Waals surface area (Å²) in [4.78, 5) is 0. The quantitative estimate of drug-likeness (QED) is 0.578. The zero-order chi connectivity index (χ0) is 8.81. The third kappa shape index (κ3) is 4.60. The van der Waals surface area contributed by atoms with E-state index in [1.54, 1.807) is 7.11 Å². The van der Waals surface area contributed by atoms with E-state index in [4.69, 9.17) is 10.5 Å². The molecule has 74 valence electrons. The van der Waals surface area contributed by atoms with E-state index in [0.717, 1.165) is 17.9 Å². The summed E-state index contributed by atoms with van der Waals surface area (Å²) in [5.74, 6) is 0. The van der Waals surface area contributed by atoms with Gasteiger partial charge < -0.3 is 15.8 Å². The van der Waals surface area contributed by atoms with E-state index < -0.39 is 0 Å². The van der Waals surface area contributed by atoms with E-state index in [0.29, 0.717) is 6.61 Å². The van der Waals surface area contributed by atoms with Crippen LogP contribution in [0.4, 0.5) is 11.4 Å². The van der Waals surface area contributed by atoms with Crippen LogP contribution < -0.4 is 11.1 Å². The normalized spacial score (nSPS) is 9.00. The maximum atomic E-state index is 5.53. The van der Waals surface area contributed by atoms with Gasteiger partial charge in [-0.3, -0.25) is 0 Å². The van der Waals surface area contributed by atoms with Gasteiger partial charge in [-0.15, -0.1) is 12.4 Å². The van der Waals surface area contributed by atoms with Crippen molar-refractivity contribution in [2.45, 2.75) is 0 Å². The van der Waals surface area contributed by atoms with Crippen LogP contribution >= 0.6 is 12.4 Å². The molecule has 1 aromatic carbocycles. The molecule has 3 N–H and O–H groups in total. The Hall–Kier alpha value is -0.930. The van der Waals surface area contributed by atoms with Crippen molar-refractivity contribution in [3.63, 3.8) is 0 Å². The van der Waals surface area contributed by atoms with Gasteiger partial charge in [0.05, 0.1) is 6.61 Å². The van der Waals surface area contributed by atoms with Crippen molar-refractivity contribution < 1.29 is 4.74 Å². The number of nitrogen functional groups attached to an aromatic ring is 1. The van der Waals surface area contributed by atoms with Gasteiger partial charge in [-0.05, 0) is 24.3 Å². The van der Waals surface area contributed by atoms with Crippen LogP contribution in [-0.4, -0.2) is 20.3 Å². The van der Waals surface area contributed by atoms with Gasteiger partial charge in [-0.25, -0.2) is 0 Å². The minimum absolute atomic E-state index is 0. The van der Waals surface area contributed by atoms with E-state index >= 15 is 0 Å². The number of nitrogens with two attached hydrogens (primary N) is 1. The average molecular weight is 203 g/mol. The smallest absolute Gasteiger partial charge is 0.0635 e. The summed E-state index contributed by atoms with van der Waals surface area (Å²) in [6.07, 6.45) is 0. The Morgan fingerprint density at radius 1 is 1.31 bits per heavy atom. The Morgan fingerprint density at radius 2 is 1.92 bits per heavy atom. The van der Waals surface area contributed by atoms with Crippen molar-refractivity contribution in [1.29, 1.82) is 0 Å². The molecule has 3 nitrogen and oxygen atoms in total. The summed E-state index contributed by atoms with van der Waals surface area (Å²) in [6, 6.07) is 7.64. The van der Waals surface area contributed by atoms with E-state index in [1.807, 2.05) is 24.3 Å². The lowest BCUT2D eigenvalue weighted by Crippen LogP contribution is -2.07. The van der Waals surface area contributed by atoms with Crippen LogP contribution in [0, 0.1) is 0 Å². The lowest BCUT2D eigenvalue weighted by atomic mass is 10.3. The van der Waals surface area contributed by atoms with Crippen LogP contribution in [0.3, 0.4) is 0 Å². The number of rotatable bonds is 4. The number of hydrogen-bond acceptors (Lipinski definition) is 3. The summed E-state index contributed by atoms with van der Waals surface area (Å²) >= 11 is 0. The molecule has 0 saturated heterocycles. The van der Waals surface area contributed by atoms with Crippen LogP contribution in [0.15, 0.2) is 24.3 Å². The van der Waals surface area contributed by atoms with Crippen molar-refractivity contribution in [2.75, 3.05) is 31.3 Å². The van der Waals surface area contributed by atoms with Gasteiger partial charge >= 0.3 is 0 Å².